The number of thiazole rings is 1. The second kappa shape index (κ2) is 3.81. The molecule has 14 heavy (non-hydrogen) atoms. The zero-order valence-electron chi connectivity index (χ0n) is 8.15. The lowest BCUT2D eigenvalue weighted by Gasteiger charge is -2.07. The third kappa shape index (κ3) is 1.73. The first-order valence-corrected chi connectivity index (χ1v) is 6.16. The van der Waals surface area contributed by atoms with E-state index in [1.807, 2.05) is 12.3 Å². The molecule has 0 saturated heterocycles. The van der Waals surface area contributed by atoms with E-state index in [1.165, 1.54) is 10.4 Å². The summed E-state index contributed by atoms with van der Waals surface area (Å²) >= 11 is 3.35. The Bertz CT molecular complexity index is 431. The van der Waals surface area contributed by atoms with Gasteiger partial charge in [-0.15, -0.1) is 22.7 Å². The SMILES string of the molecule is Cc1nc(C(N)c2sccc2C)cs1. The smallest absolute Gasteiger partial charge is 0.0898 e. The van der Waals surface area contributed by atoms with Gasteiger partial charge in [-0.2, -0.15) is 0 Å². The third-order valence-corrected chi connectivity index (χ3v) is 4.03. The molecule has 2 nitrogen and oxygen atoms in total. The van der Waals surface area contributed by atoms with E-state index >= 15 is 0 Å². The second-order valence-electron chi connectivity index (χ2n) is 3.24. The summed E-state index contributed by atoms with van der Waals surface area (Å²) < 4.78 is 0. The molecule has 74 valence electrons. The highest BCUT2D eigenvalue weighted by Gasteiger charge is 2.14. The molecule has 2 aromatic rings. The highest BCUT2D eigenvalue weighted by Crippen LogP contribution is 2.27. The molecular formula is C10H12N2S2. The maximum Gasteiger partial charge on any atom is 0.0898 e. The topological polar surface area (TPSA) is 38.9 Å². The van der Waals surface area contributed by atoms with Crippen LogP contribution in [-0.4, -0.2) is 4.98 Å². The number of nitrogens with zero attached hydrogens (tertiary/aromatic N) is 1. The predicted molar refractivity (Wildman–Crippen MR) is 61.9 cm³/mol. The van der Waals surface area contributed by atoms with Crippen molar-refractivity contribution in [1.82, 2.24) is 4.98 Å². The molecule has 4 heteroatoms. The van der Waals surface area contributed by atoms with Crippen molar-refractivity contribution in [2.45, 2.75) is 19.9 Å². The van der Waals surface area contributed by atoms with E-state index in [0.29, 0.717) is 0 Å². The van der Waals surface area contributed by atoms with Gasteiger partial charge in [0.05, 0.1) is 16.7 Å². The fourth-order valence-corrected chi connectivity index (χ4v) is 2.95. The zero-order valence-corrected chi connectivity index (χ0v) is 9.78. The Morgan fingerprint density at radius 1 is 1.36 bits per heavy atom. The number of thiophene rings is 1. The van der Waals surface area contributed by atoms with E-state index < -0.39 is 0 Å². The van der Waals surface area contributed by atoms with Crippen molar-refractivity contribution in [3.63, 3.8) is 0 Å². The minimum absolute atomic E-state index is 0.0556. The lowest BCUT2D eigenvalue weighted by molar-refractivity contribution is 0.846. The number of aromatic nitrogens is 1. The molecule has 0 aromatic carbocycles. The van der Waals surface area contributed by atoms with Gasteiger partial charge in [-0.3, -0.25) is 0 Å². The highest BCUT2D eigenvalue weighted by molar-refractivity contribution is 7.10. The van der Waals surface area contributed by atoms with Crippen LogP contribution in [0.2, 0.25) is 0 Å². The minimum atomic E-state index is -0.0556. The molecule has 1 atom stereocenters. The Morgan fingerprint density at radius 3 is 2.64 bits per heavy atom. The summed E-state index contributed by atoms with van der Waals surface area (Å²) in [6.07, 6.45) is 0. The highest BCUT2D eigenvalue weighted by atomic mass is 32.1. The van der Waals surface area contributed by atoms with Crippen LogP contribution in [0, 0.1) is 13.8 Å². The molecule has 0 fully saturated rings. The van der Waals surface area contributed by atoms with Crippen molar-refractivity contribution >= 4 is 22.7 Å². The van der Waals surface area contributed by atoms with E-state index in [9.17, 15) is 0 Å². The van der Waals surface area contributed by atoms with Gasteiger partial charge in [-0.25, -0.2) is 4.98 Å². The van der Waals surface area contributed by atoms with Gasteiger partial charge in [-0.05, 0) is 30.9 Å². The monoisotopic (exact) mass is 224 g/mol. The number of hydrogen-bond donors (Lipinski definition) is 1. The first-order valence-electron chi connectivity index (χ1n) is 4.40. The Labute approximate surface area is 91.4 Å². The maximum atomic E-state index is 6.13. The van der Waals surface area contributed by atoms with Gasteiger partial charge in [0.15, 0.2) is 0 Å². The predicted octanol–water partition coefficient (Wildman–Crippen LogP) is 2.87. The molecule has 0 aliphatic carbocycles. The van der Waals surface area contributed by atoms with Crippen molar-refractivity contribution in [3.05, 3.63) is 38.0 Å². The van der Waals surface area contributed by atoms with Crippen molar-refractivity contribution in [2.75, 3.05) is 0 Å². The summed E-state index contributed by atoms with van der Waals surface area (Å²) in [5, 5.41) is 5.19. The van der Waals surface area contributed by atoms with Gasteiger partial charge >= 0.3 is 0 Å². The molecule has 0 aliphatic rings. The van der Waals surface area contributed by atoms with Gasteiger partial charge in [-0.1, -0.05) is 0 Å². The lowest BCUT2D eigenvalue weighted by Crippen LogP contribution is -2.11. The van der Waals surface area contributed by atoms with Crippen LogP contribution in [-0.2, 0) is 0 Å². The summed E-state index contributed by atoms with van der Waals surface area (Å²) in [4.78, 5) is 5.63. The van der Waals surface area contributed by atoms with Crippen LogP contribution in [0.5, 0.6) is 0 Å². The number of nitrogens with two attached hydrogens (primary N) is 1. The summed E-state index contributed by atoms with van der Waals surface area (Å²) in [5.41, 5.74) is 8.37. The molecule has 0 bridgehead atoms. The normalized spacial score (nSPS) is 13.1. The standard InChI is InChI=1S/C10H12N2S2/c1-6-3-4-13-10(6)9(11)8-5-14-7(2)12-8/h3-5,9H,11H2,1-2H3. The summed E-state index contributed by atoms with van der Waals surface area (Å²) in [5.74, 6) is 0. The fraction of sp³-hybridized carbons (Fsp3) is 0.300. The molecule has 0 radical (unpaired) electrons. The Balaban J connectivity index is 2.33. The van der Waals surface area contributed by atoms with Crippen LogP contribution in [0.4, 0.5) is 0 Å². The summed E-state index contributed by atoms with van der Waals surface area (Å²) in [7, 11) is 0. The Morgan fingerprint density at radius 2 is 2.14 bits per heavy atom. The van der Waals surface area contributed by atoms with Crippen LogP contribution in [0.3, 0.4) is 0 Å². The number of aryl methyl sites for hydroxylation is 2. The minimum Gasteiger partial charge on any atom is -0.318 e. The molecule has 2 N–H and O–H groups in total. The van der Waals surface area contributed by atoms with Crippen LogP contribution in [0.15, 0.2) is 16.8 Å². The van der Waals surface area contributed by atoms with Gasteiger partial charge in [0.25, 0.3) is 0 Å². The second-order valence-corrected chi connectivity index (χ2v) is 5.25. The van der Waals surface area contributed by atoms with Gasteiger partial charge in [0, 0.05) is 10.3 Å². The molecule has 1 unspecified atom stereocenters. The average Bonchev–Trinajstić information content (AvgIpc) is 2.73. The largest absolute Gasteiger partial charge is 0.318 e. The van der Waals surface area contributed by atoms with E-state index in [-0.39, 0.29) is 6.04 Å². The Hall–Kier alpha value is -0.710. The molecule has 0 aliphatic heterocycles. The van der Waals surface area contributed by atoms with Gasteiger partial charge in [0.1, 0.15) is 0 Å². The van der Waals surface area contributed by atoms with E-state index in [0.717, 1.165) is 10.7 Å². The van der Waals surface area contributed by atoms with Gasteiger partial charge in [0.2, 0.25) is 0 Å². The number of hydrogen-bond acceptors (Lipinski definition) is 4. The van der Waals surface area contributed by atoms with Gasteiger partial charge < -0.3 is 5.73 Å². The molecular weight excluding hydrogens is 212 g/mol. The van der Waals surface area contributed by atoms with Crippen molar-refractivity contribution in [3.8, 4) is 0 Å². The molecule has 0 spiro atoms. The average molecular weight is 224 g/mol. The van der Waals surface area contributed by atoms with E-state index in [2.05, 4.69) is 23.4 Å². The van der Waals surface area contributed by atoms with Crippen LogP contribution in [0.25, 0.3) is 0 Å². The molecule has 0 saturated carbocycles. The maximum absolute atomic E-state index is 6.13. The third-order valence-electron chi connectivity index (χ3n) is 2.14. The van der Waals surface area contributed by atoms with Crippen molar-refractivity contribution < 1.29 is 0 Å². The van der Waals surface area contributed by atoms with Crippen molar-refractivity contribution in [1.29, 1.82) is 0 Å². The van der Waals surface area contributed by atoms with Crippen LogP contribution >= 0.6 is 22.7 Å². The van der Waals surface area contributed by atoms with Crippen LogP contribution < -0.4 is 5.73 Å². The molecule has 0 amide bonds. The Kier molecular flexibility index (Phi) is 2.67. The molecule has 2 rings (SSSR count). The lowest BCUT2D eigenvalue weighted by atomic mass is 10.1. The first-order chi connectivity index (χ1) is 6.68. The van der Waals surface area contributed by atoms with Crippen LogP contribution in [0.1, 0.15) is 27.2 Å². The first kappa shape index (κ1) is 9.83. The number of rotatable bonds is 2. The molecule has 2 aromatic heterocycles. The van der Waals surface area contributed by atoms with E-state index in [4.69, 9.17) is 5.73 Å². The molecule has 2 heterocycles. The quantitative estimate of drug-likeness (QED) is 0.852. The summed E-state index contributed by atoms with van der Waals surface area (Å²) in [6, 6.07) is 2.04. The fourth-order valence-electron chi connectivity index (χ4n) is 1.36. The zero-order chi connectivity index (χ0) is 10.1. The van der Waals surface area contributed by atoms with E-state index in [1.54, 1.807) is 22.7 Å². The summed E-state index contributed by atoms with van der Waals surface area (Å²) in [6.45, 7) is 4.09. The van der Waals surface area contributed by atoms with Crippen molar-refractivity contribution in [2.24, 2.45) is 5.73 Å².